The van der Waals surface area contributed by atoms with E-state index >= 15 is 0 Å². The van der Waals surface area contributed by atoms with Crippen molar-refractivity contribution >= 4 is 50.4 Å². The fourth-order valence-corrected chi connectivity index (χ4v) is 3.24. The van der Waals surface area contributed by atoms with Crippen LogP contribution < -0.4 is 16.8 Å². The molecule has 1 amide bonds. The highest BCUT2D eigenvalue weighted by atomic mass is 32.1. The molecule has 2 aromatic heterocycles. The topological polar surface area (TPSA) is 135 Å². The molecule has 0 unspecified atom stereocenters. The zero-order chi connectivity index (χ0) is 17.3. The highest BCUT2D eigenvalue weighted by Crippen LogP contribution is 2.35. The molecule has 0 radical (unpaired) electrons. The molecule has 0 saturated carbocycles. The average Bonchev–Trinajstić information content (AvgIpc) is 3.09. The van der Waals surface area contributed by atoms with E-state index in [-0.39, 0.29) is 5.91 Å². The maximum absolute atomic E-state index is 11.2. The molecule has 0 saturated heterocycles. The van der Waals surface area contributed by atoms with Crippen molar-refractivity contribution in [2.75, 3.05) is 5.32 Å². The van der Waals surface area contributed by atoms with Gasteiger partial charge >= 0.3 is 0 Å². The Balaban J connectivity index is 2.09. The second kappa shape index (κ2) is 6.13. The predicted molar refractivity (Wildman–Crippen MR) is 97.1 cm³/mol. The molecule has 1 aromatic carbocycles. The van der Waals surface area contributed by atoms with Crippen LogP contribution in [0.2, 0.25) is 0 Å². The van der Waals surface area contributed by atoms with Gasteiger partial charge in [-0.1, -0.05) is 24.0 Å². The Morgan fingerprint density at radius 2 is 2.29 bits per heavy atom. The summed E-state index contributed by atoms with van der Waals surface area (Å²) in [6.45, 7) is 5.22. The number of nitrogens with two attached hydrogens (primary N) is 2. The van der Waals surface area contributed by atoms with Gasteiger partial charge in [-0.15, -0.1) is 0 Å². The van der Waals surface area contributed by atoms with Crippen LogP contribution in [-0.2, 0) is 4.79 Å². The number of carbonyl (C=O) groups is 1. The lowest BCUT2D eigenvalue weighted by molar-refractivity contribution is -0.114. The van der Waals surface area contributed by atoms with E-state index in [9.17, 15) is 4.79 Å². The quantitative estimate of drug-likeness (QED) is 0.426. The monoisotopic (exact) mass is 341 g/mol. The summed E-state index contributed by atoms with van der Waals surface area (Å²) in [7, 11) is 0. The van der Waals surface area contributed by atoms with Crippen LogP contribution in [0.15, 0.2) is 29.8 Å². The summed E-state index contributed by atoms with van der Waals surface area (Å²) in [5.74, 6) is 0.220. The largest absolute Gasteiger partial charge is 0.399 e. The zero-order valence-electron chi connectivity index (χ0n) is 12.8. The second-order valence-corrected chi connectivity index (χ2v) is 6.01. The average molecular weight is 341 g/mol. The van der Waals surface area contributed by atoms with Crippen LogP contribution in [0.1, 0.15) is 12.5 Å². The van der Waals surface area contributed by atoms with Gasteiger partial charge in [-0.2, -0.15) is 5.10 Å². The van der Waals surface area contributed by atoms with Crippen molar-refractivity contribution in [3.05, 3.63) is 30.3 Å². The molecule has 122 valence electrons. The number of aromatic nitrogens is 3. The molecule has 0 atom stereocenters. The Bertz CT molecular complexity index is 970. The Morgan fingerprint density at radius 3 is 2.96 bits per heavy atom. The Labute approximate surface area is 141 Å². The number of rotatable bonds is 4. The van der Waals surface area contributed by atoms with Gasteiger partial charge in [0.1, 0.15) is 0 Å². The van der Waals surface area contributed by atoms with Gasteiger partial charge in [0.25, 0.3) is 0 Å². The van der Waals surface area contributed by atoms with E-state index < -0.39 is 0 Å². The smallest absolute Gasteiger partial charge is 0.223 e. The molecule has 0 aliphatic rings. The first-order chi connectivity index (χ1) is 11.5. The number of amides is 1. The van der Waals surface area contributed by atoms with E-state index in [0.29, 0.717) is 27.9 Å². The first kappa shape index (κ1) is 15.7. The molecule has 2 heterocycles. The summed E-state index contributed by atoms with van der Waals surface area (Å²) in [6, 6.07) is 5.69. The standard InChI is InChI=1S/C15H15N7OS/c1-7(17)12-13(21-22-14(12)18-6-16)9-3-4-10-11(5-9)24-15(20-10)19-8(2)23/h3-6H,1,17H2,2H3,(H,19,20,23)(H3,16,18,21,22). The number of aromatic amines is 1. The number of thiazole rings is 1. The third-order valence-electron chi connectivity index (χ3n) is 3.23. The maximum atomic E-state index is 11.2. The summed E-state index contributed by atoms with van der Waals surface area (Å²) < 4.78 is 0.920. The molecule has 6 N–H and O–H groups in total. The third-order valence-corrected chi connectivity index (χ3v) is 4.16. The lowest BCUT2D eigenvalue weighted by Gasteiger charge is -2.03. The van der Waals surface area contributed by atoms with Gasteiger partial charge in [-0.25, -0.2) is 9.98 Å². The van der Waals surface area contributed by atoms with Crippen LogP contribution in [0.25, 0.3) is 27.2 Å². The van der Waals surface area contributed by atoms with Crippen molar-refractivity contribution in [3.8, 4) is 11.3 Å². The Hall–Kier alpha value is -3.20. The number of benzene rings is 1. The lowest BCUT2D eigenvalue weighted by Crippen LogP contribution is -2.04. The first-order valence-electron chi connectivity index (χ1n) is 6.95. The van der Waals surface area contributed by atoms with Crippen molar-refractivity contribution in [2.45, 2.75) is 6.92 Å². The SMILES string of the molecule is C=C(N)c1c(N=CN)n[nH]c1-c1ccc2nc(NC(C)=O)sc2c1. The number of carbonyl (C=O) groups excluding carboxylic acids is 1. The molecule has 24 heavy (non-hydrogen) atoms. The van der Waals surface area contributed by atoms with Crippen molar-refractivity contribution in [2.24, 2.45) is 16.5 Å². The molecule has 0 fully saturated rings. The molecule has 3 rings (SSSR count). The van der Waals surface area contributed by atoms with Gasteiger partial charge in [-0.05, 0) is 12.1 Å². The highest BCUT2D eigenvalue weighted by molar-refractivity contribution is 7.22. The molecule has 8 nitrogen and oxygen atoms in total. The van der Waals surface area contributed by atoms with Crippen molar-refractivity contribution < 1.29 is 4.79 Å². The van der Waals surface area contributed by atoms with Gasteiger partial charge < -0.3 is 16.8 Å². The van der Waals surface area contributed by atoms with E-state index in [0.717, 1.165) is 22.1 Å². The van der Waals surface area contributed by atoms with Gasteiger partial charge in [0, 0.05) is 18.2 Å². The Morgan fingerprint density at radius 1 is 1.50 bits per heavy atom. The summed E-state index contributed by atoms with van der Waals surface area (Å²) in [4.78, 5) is 19.5. The molecular weight excluding hydrogens is 326 g/mol. The minimum Gasteiger partial charge on any atom is -0.399 e. The first-order valence-corrected chi connectivity index (χ1v) is 7.77. The third kappa shape index (κ3) is 2.84. The number of nitrogens with one attached hydrogen (secondary N) is 2. The summed E-state index contributed by atoms with van der Waals surface area (Å²) in [6.07, 6.45) is 1.15. The molecule has 0 aliphatic heterocycles. The lowest BCUT2D eigenvalue weighted by atomic mass is 10.1. The van der Waals surface area contributed by atoms with E-state index in [1.165, 1.54) is 18.3 Å². The number of aliphatic imine (C=N–C) groups is 1. The van der Waals surface area contributed by atoms with Gasteiger partial charge in [-0.3, -0.25) is 9.89 Å². The predicted octanol–water partition coefficient (Wildman–Crippen LogP) is 2.19. The van der Waals surface area contributed by atoms with E-state index in [1.807, 2.05) is 18.2 Å². The van der Waals surface area contributed by atoms with E-state index in [2.05, 4.69) is 32.1 Å². The molecule has 0 bridgehead atoms. The van der Waals surface area contributed by atoms with Crippen LogP contribution in [-0.4, -0.2) is 27.4 Å². The number of H-pyrrole nitrogens is 1. The fraction of sp³-hybridized carbons (Fsp3) is 0.0667. The summed E-state index contributed by atoms with van der Waals surface area (Å²) >= 11 is 1.39. The van der Waals surface area contributed by atoms with Crippen LogP contribution in [0, 0.1) is 0 Å². The Kier molecular flexibility index (Phi) is 4.00. The summed E-state index contributed by atoms with van der Waals surface area (Å²) in [5.41, 5.74) is 14.5. The number of hydrogen-bond acceptors (Lipinski definition) is 6. The minimum absolute atomic E-state index is 0.158. The van der Waals surface area contributed by atoms with Gasteiger partial charge in [0.2, 0.25) is 5.91 Å². The summed E-state index contributed by atoms with van der Waals surface area (Å²) in [5, 5.41) is 10.3. The van der Waals surface area contributed by atoms with Crippen LogP contribution >= 0.6 is 11.3 Å². The van der Waals surface area contributed by atoms with Crippen molar-refractivity contribution in [3.63, 3.8) is 0 Å². The molecular formula is C15H15N7OS. The van der Waals surface area contributed by atoms with Crippen LogP contribution in [0.3, 0.4) is 0 Å². The normalized spacial score (nSPS) is 11.2. The van der Waals surface area contributed by atoms with Gasteiger partial charge in [0.05, 0.1) is 27.8 Å². The number of hydrogen-bond donors (Lipinski definition) is 4. The fourth-order valence-electron chi connectivity index (χ4n) is 2.29. The second-order valence-electron chi connectivity index (χ2n) is 4.98. The maximum Gasteiger partial charge on any atom is 0.223 e. The van der Waals surface area contributed by atoms with E-state index in [4.69, 9.17) is 11.5 Å². The molecule has 0 spiro atoms. The van der Waals surface area contributed by atoms with Crippen molar-refractivity contribution in [1.82, 2.24) is 15.2 Å². The molecule has 0 aliphatic carbocycles. The molecule has 9 heteroatoms. The van der Waals surface area contributed by atoms with Gasteiger partial charge in [0.15, 0.2) is 10.9 Å². The number of fused-ring (bicyclic) bond motifs is 1. The van der Waals surface area contributed by atoms with E-state index in [1.54, 1.807) is 0 Å². The number of anilines is 1. The van der Waals surface area contributed by atoms with Crippen LogP contribution in [0.5, 0.6) is 0 Å². The number of nitrogens with zero attached hydrogens (tertiary/aromatic N) is 3. The van der Waals surface area contributed by atoms with Crippen LogP contribution in [0.4, 0.5) is 10.9 Å². The molecule has 3 aromatic rings. The van der Waals surface area contributed by atoms with Crippen molar-refractivity contribution in [1.29, 1.82) is 0 Å². The zero-order valence-corrected chi connectivity index (χ0v) is 13.6. The highest BCUT2D eigenvalue weighted by Gasteiger charge is 2.16. The minimum atomic E-state index is -0.158.